The van der Waals surface area contributed by atoms with E-state index in [0.717, 1.165) is 135 Å². The second-order valence-corrected chi connectivity index (χ2v) is 20.6. The van der Waals surface area contributed by atoms with E-state index in [9.17, 15) is 14.4 Å². The number of carbonyl (C=O) groups is 3. The van der Waals surface area contributed by atoms with Gasteiger partial charge in [0.2, 0.25) is 0 Å². The van der Waals surface area contributed by atoms with Gasteiger partial charge in [0, 0.05) is 19.3 Å². The SMILES string of the molecule is CC/C=C\C/C=C\C/C=C\C/C=C\C/C=C\C/C=C\C/C=C\CCCCCCCCCC(=O)OCC(COC(=O)CCCCC/C=C\C/C=C\C/C=C\CC)OC(=O)CCCCCCCCCCCCCCCCCC. The van der Waals surface area contributed by atoms with E-state index in [1.54, 1.807) is 0 Å². The number of ether oxygens (including phenoxy) is 3. The number of allylic oxidation sites excluding steroid dienone is 20. The van der Waals surface area contributed by atoms with Crippen molar-refractivity contribution in [1.29, 1.82) is 0 Å². The largest absolute Gasteiger partial charge is 0.462 e. The van der Waals surface area contributed by atoms with Crippen LogP contribution in [-0.2, 0) is 28.6 Å². The van der Waals surface area contributed by atoms with Crippen LogP contribution < -0.4 is 0 Å². The molecule has 76 heavy (non-hydrogen) atoms. The van der Waals surface area contributed by atoms with Crippen LogP contribution in [0.1, 0.15) is 284 Å². The van der Waals surface area contributed by atoms with Crippen LogP contribution in [0.4, 0.5) is 0 Å². The third kappa shape index (κ3) is 60.7. The van der Waals surface area contributed by atoms with Crippen molar-refractivity contribution in [2.45, 2.75) is 290 Å². The van der Waals surface area contributed by atoms with Gasteiger partial charge in [0.05, 0.1) is 0 Å². The van der Waals surface area contributed by atoms with Crippen LogP contribution in [0.25, 0.3) is 0 Å². The number of hydrogen-bond acceptors (Lipinski definition) is 6. The first-order valence-corrected chi connectivity index (χ1v) is 31.5. The van der Waals surface area contributed by atoms with E-state index in [-0.39, 0.29) is 31.1 Å². The molecule has 0 rings (SSSR count). The Kier molecular flexibility index (Phi) is 59.9. The van der Waals surface area contributed by atoms with Gasteiger partial charge in [0.15, 0.2) is 6.10 Å². The van der Waals surface area contributed by atoms with E-state index in [2.05, 4.69) is 142 Å². The van der Waals surface area contributed by atoms with E-state index in [0.29, 0.717) is 19.3 Å². The molecule has 1 unspecified atom stereocenters. The standard InChI is InChI=1S/C70H116O6/c1-4-7-10-13-16-19-22-25-27-29-30-31-32-33-34-35-36-37-38-39-40-41-43-45-48-51-54-57-60-63-69(72)75-66-67(65-74-68(71)62-59-56-53-50-47-44-24-21-18-15-12-9-6-3)76-70(73)64-61-58-55-52-49-46-42-28-26-23-20-17-14-11-8-5-2/h7,9-10,12,16,18-19,21,25,27,30-31,33-34,36-37,39-40,44,47,67H,4-6,8,11,13-15,17,20,22-24,26,28-29,32,35,38,41-43,45-46,48-66H2,1-3H3/b10-7-,12-9-,19-16-,21-18-,27-25-,31-30-,34-33-,37-36-,40-39-,47-44-. The highest BCUT2D eigenvalue weighted by Gasteiger charge is 2.19. The van der Waals surface area contributed by atoms with Crippen molar-refractivity contribution in [3.8, 4) is 0 Å². The lowest BCUT2D eigenvalue weighted by Crippen LogP contribution is -2.30. The molecule has 6 heteroatoms. The molecule has 0 radical (unpaired) electrons. The van der Waals surface area contributed by atoms with Crippen molar-refractivity contribution in [2.75, 3.05) is 13.2 Å². The second-order valence-electron chi connectivity index (χ2n) is 20.6. The Hall–Kier alpha value is -4.19. The van der Waals surface area contributed by atoms with Crippen LogP contribution >= 0.6 is 0 Å². The van der Waals surface area contributed by atoms with Crippen molar-refractivity contribution in [3.63, 3.8) is 0 Å². The average Bonchev–Trinajstić information content (AvgIpc) is 3.42. The summed E-state index contributed by atoms with van der Waals surface area (Å²) in [5.41, 5.74) is 0. The molecule has 0 aromatic heterocycles. The lowest BCUT2D eigenvalue weighted by molar-refractivity contribution is -0.167. The normalized spacial score (nSPS) is 12.9. The Morgan fingerprint density at radius 2 is 0.513 bits per heavy atom. The van der Waals surface area contributed by atoms with Crippen LogP contribution in [0.2, 0.25) is 0 Å². The third-order valence-corrected chi connectivity index (χ3v) is 13.2. The molecule has 0 aliphatic heterocycles. The maximum Gasteiger partial charge on any atom is 0.306 e. The smallest absolute Gasteiger partial charge is 0.306 e. The van der Waals surface area contributed by atoms with Gasteiger partial charge in [-0.3, -0.25) is 14.4 Å². The van der Waals surface area contributed by atoms with Crippen molar-refractivity contribution >= 4 is 17.9 Å². The lowest BCUT2D eigenvalue weighted by Gasteiger charge is -2.18. The van der Waals surface area contributed by atoms with E-state index in [1.165, 1.54) is 109 Å². The van der Waals surface area contributed by atoms with Crippen LogP contribution in [0.5, 0.6) is 0 Å². The first-order chi connectivity index (χ1) is 37.5. The highest BCUT2D eigenvalue weighted by atomic mass is 16.6. The molecule has 0 aliphatic rings. The molecule has 1 atom stereocenters. The second kappa shape index (κ2) is 63.3. The van der Waals surface area contributed by atoms with Gasteiger partial charge in [-0.05, 0) is 109 Å². The molecule has 6 nitrogen and oxygen atoms in total. The Morgan fingerprint density at radius 3 is 0.816 bits per heavy atom. The predicted molar refractivity (Wildman–Crippen MR) is 330 cm³/mol. The zero-order chi connectivity index (χ0) is 55.0. The van der Waals surface area contributed by atoms with Crippen molar-refractivity contribution in [3.05, 3.63) is 122 Å². The summed E-state index contributed by atoms with van der Waals surface area (Å²) in [4.78, 5) is 38.2. The molecule has 0 spiro atoms. The molecule has 0 aromatic rings. The van der Waals surface area contributed by atoms with Crippen LogP contribution in [0.3, 0.4) is 0 Å². The number of unbranched alkanes of at least 4 members (excludes halogenated alkanes) is 25. The van der Waals surface area contributed by atoms with Gasteiger partial charge in [-0.2, -0.15) is 0 Å². The van der Waals surface area contributed by atoms with Gasteiger partial charge in [0.1, 0.15) is 13.2 Å². The Balaban J connectivity index is 4.34. The first-order valence-electron chi connectivity index (χ1n) is 31.5. The molecular weight excluding hydrogens is 937 g/mol. The van der Waals surface area contributed by atoms with Crippen LogP contribution in [-0.4, -0.2) is 37.2 Å². The van der Waals surface area contributed by atoms with Crippen molar-refractivity contribution in [1.82, 2.24) is 0 Å². The minimum atomic E-state index is -0.796. The van der Waals surface area contributed by atoms with Gasteiger partial charge >= 0.3 is 17.9 Å². The first kappa shape index (κ1) is 71.8. The predicted octanol–water partition coefficient (Wildman–Crippen LogP) is 21.6. The van der Waals surface area contributed by atoms with Gasteiger partial charge in [-0.15, -0.1) is 0 Å². The topological polar surface area (TPSA) is 78.9 Å². The van der Waals surface area contributed by atoms with Crippen molar-refractivity contribution < 1.29 is 28.6 Å². The molecule has 0 aliphatic carbocycles. The Labute approximate surface area is 469 Å². The summed E-state index contributed by atoms with van der Waals surface area (Å²) >= 11 is 0. The fraction of sp³-hybridized carbons (Fsp3) is 0.671. The maximum absolute atomic E-state index is 12.9. The Bertz CT molecular complexity index is 1590. The quantitative estimate of drug-likeness (QED) is 0.0261. The molecule has 0 bridgehead atoms. The highest BCUT2D eigenvalue weighted by Crippen LogP contribution is 2.16. The minimum Gasteiger partial charge on any atom is -0.462 e. The van der Waals surface area contributed by atoms with Gasteiger partial charge < -0.3 is 14.2 Å². The van der Waals surface area contributed by atoms with Crippen LogP contribution in [0, 0.1) is 0 Å². The molecule has 0 saturated carbocycles. The lowest BCUT2D eigenvalue weighted by atomic mass is 10.0. The number of rotatable bonds is 56. The minimum absolute atomic E-state index is 0.0936. The summed E-state index contributed by atoms with van der Waals surface area (Å²) in [6, 6.07) is 0. The van der Waals surface area contributed by atoms with Gasteiger partial charge in [-0.1, -0.05) is 277 Å². The zero-order valence-electron chi connectivity index (χ0n) is 49.5. The summed E-state index contributed by atoms with van der Waals surface area (Å²) in [5.74, 6) is -0.928. The van der Waals surface area contributed by atoms with Crippen LogP contribution in [0.15, 0.2) is 122 Å². The van der Waals surface area contributed by atoms with E-state index in [1.807, 2.05) is 0 Å². The maximum atomic E-state index is 12.9. The molecule has 0 fully saturated rings. The summed E-state index contributed by atoms with van der Waals surface area (Å²) < 4.78 is 16.9. The average molecular weight is 1050 g/mol. The molecule has 0 N–H and O–H groups in total. The van der Waals surface area contributed by atoms with E-state index >= 15 is 0 Å². The number of esters is 3. The molecule has 0 amide bonds. The summed E-state index contributed by atoms with van der Waals surface area (Å²) in [7, 11) is 0. The molecule has 432 valence electrons. The fourth-order valence-corrected chi connectivity index (χ4v) is 8.56. The van der Waals surface area contributed by atoms with Gasteiger partial charge in [-0.25, -0.2) is 0 Å². The van der Waals surface area contributed by atoms with Crippen molar-refractivity contribution in [2.24, 2.45) is 0 Å². The molecule has 0 aromatic carbocycles. The molecule has 0 saturated heterocycles. The highest BCUT2D eigenvalue weighted by molar-refractivity contribution is 5.71. The molecule has 0 heterocycles. The summed E-state index contributed by atoms with van der Waals surface area (Å²) in [6.07, 6.45) is 87.8. The summed E-state index contributed by atoms with van der Waals surface area (Å²) in [6.45, 7) is 6.39. The van der Waals surface area contributed by atoms with Gasteiger partial charge in [0.25, 0.3) is 0 Å². The van der Waals surface area contributed by atoms with E-state index < -0.39 is 6.10 Å². The monoisotopic (exact) mass is 1050 g/mol. The summed E-state index contributed by atoms with van der Waals surface area (Å²) in [5, 5.41) is 0. The Morgan fingerprint density at radius 1 is 0.276 bits per heavy atom. The third-order valence-electron chi connectivity index (χ3n) is 13.2. The zero-order valence-corrected chi connectivity index (χ0v) is 49.5. The fourth-order valence-electron chi connectivity index (χ4n) is 8.56. The van der Waals surface area contributed by atoms with E-state index in [4.69, 9.17) is 14.2 Å². The number of carbonyl (C=O) groups excluding carboxylic acids is 3. The molecular formula is C70H116O6. The number of hydrogen-bond donors (Lipinski definition) is 0.